The van der Waals surface area contributed by atoms with Crippen molar-refractivity contribution in [1.82, 2.24) is 19.6 Å². The van der Waals surface area contributed by atoms with Crippen LogP contribution in [0.25, 0.3) is 5.65 Å². The largest absolute Gasteiger partial charge is 0.281 e. The number of aromatic nitrogens is 4. The van der Waals surface area contributed by atoms with Crippen molar-refractivity contribution in [3.63, 3.8) is 0 Å². The van der Waals surface area contributed by atoms with Gasteiger partial charge in [0.2, 0.25) is 0 Å². The lowest BCUT2D eigenvalue weighted by molar-refractivity contribution is 0.884. The highest BCUT2D eigenvalue weighted by molar-refractivity contribution is 5.43. The Bertz CT molecular complexity index is 444. The summed E-state index contributed by atoms with van der Waals surface area (Å²) in [6.07, 6.45) is 2.75. The highest BCUT2D eigenvalue weighted by atomic mass is 15.3. The molecule has 0 aliphatic rings. The summed E-state index contributed by atoms with van der Waals surface area (Å²) < 4.78 is 2.06. The molecule has 0 N–H and O–H groups in total. The number of hydrogen-bond acceptors (Lipinski definition) is 3. The molecule has 0 saturated carbocycles. The van der Waals surface area contributed by atoms with Gasteiger partial charge in [0, 0.05) is 18.3 Å². The zero-order valence-corrected chi connectivity index (χ0v) is 8.07. The van der Waals surface area contributed by atoms with Crippen LogP contribution in [0.2, 0.25) is 0 Å². The summed E-state index contributed by atoms with van der Waals surface area (Å²) in [4.78, 5) is 4.23. The molecule has 0 radical (unpaired) electrons. The smallest absolute Gasteiger partial charge is 0.182 e. The maximum Gasteiger partial charge on any atom is 0.182 e. The molecule has 4 nitrogen and oxygen atoms in total. The molecular formula is C9H12N4. The lowest BCUT2D eigenvalue weighted by Crippen LogP contribution is -1.99. The van der Waals surface area contributed by atoms with E-state index in [0.29, 0.717) is 0 Å². The fourth-order valence-corrected chi connectivity index (χ4v) is 1.46. The molecule has 0 spiro atoms. The van der Waals surface area contributed by atoms with Crippen molar-refractivity contribution in [2.45, 2.75) is 27.2 Å². The molecule has 0 aromatic carbocycles. The Kier molecular flexibility index (Phi) is 1.76. The molecule has 0 saturated heterocycles. The Morgan fingerprint density at radius 2 is 2.08 bits per heavy atom. The third-order valence-corrected chi connectivity index (χ3v) is 2.17. The zero-order valence-electron chi connectivity index (χ0n) is 8.07. The van der Waals surface area contributed by atoms with E-state index in [0.717, 1.165) is 29.3 Å². The van der Waals surface area contributed by atoms with Gasteiger partial charge in [0.15, 0.2) is 5.65 Å². The van der Waals surface area contributed by atoms with Crippen LogP contribution in [0.4, 0.5) is 0 Å². The Morgan fingerprint density at radius 1 is 1.31 bits per heavy atom. The predicted molar refractivity (Wildman–Crippen MR) is 49.6 cm³/mol. The highest BCUT2D eigenvalue weighted by Gasteiger charge is 2.07. The summed E-state index contributed by atoms with van der Waals surface area (Å²) in [5.41, 5.74) is 2.89. The van der Waals surface area contributed by atoms with Gasteiger partial charge in [-0.3, -0.25) is 9.38 Å². The van der Waals surface area contributed by atoms with Crippen LogP contribution in [-0.4, -0.2) is 19.6 Å². The SMILES string of the molecule is CCc1nnc2c(C)ncc(C)n12. The summed E-state index contributed by atoms with van der Waals surface area (Å²) in [5.74, 6) is 0.998. The molecule has 0 bridgehead atoms. The summed E-state index contributed by atoms with van der Waals surface area (Å²) in [6.45, 7) is 6.04. The van der Waals surface area contributed by atoms with Gasteiger partial charge in [-0.2, -0.15) is 0 Å². The zero-order chi connectivity index (χ0) is 9.42. The fraction of sp³-hybridized carbons (Fsp3) is 0.444. The van der Waals surface area contributed by atoms with Gasteiger partial charge in [-0.05, 0) is 13.8 Å². The van der Waals surface area contributed by atoms with Gasteiger partial charge in [0.05, 0.1) is 5.69 Å². The quantitative estimate of drug-likeness (QED) is 0.657. The summed E-state index contributed by atoms with van der Waals surface area (Å²) in [6, 6.07) is 0. The average molecular weight is 176 g/mol. The molecule has 4 heteroatoms. The highest BCUT2D eigenvalue weighted by Crippen LogP contribution is 2.09. The molecule has 68 valence electrons. The second kappa shape index (κ2) is 2.80. The van der Waals surface area contributed by atoms with E-state index in [1.807, 2.05) is 20.0 Å². The van der Waals surface area contributed by atoms with Crippen molar-refractivity contribution in [3.05, 3.63) is 23.4 Å². The van der Waals surface area contributed by atoms with E-state index in [9.17, 15) is 0 Å². The van der Waals surface area contributed by atoms with Crippen molar-refractivity contribution in [2.75, 3.05) is 0 Å². The molecule has 2 aromatic heterocycles. The van der Waals surface area contributed by atoms with Crippen molar-refractivity contribution < 1.29 is 0 Å². The van der Waals surface area contributed by atoms with Crippen LogP contribution in [-0.2, 0) is 6.42 Å². The first kappa shape index (κ1) is 8.16. The Hall–Kier alpha value is -1.45. The van der Waals surface area contributed by atoms with Crippen molar-refractivity contribution >= 4 is 5.65 Å². The van der Waals surface area contributed by atoms with Crippen LogP contribution in [0.15, 0.2) is 6.20 Å². The molecule has 2 aromatic rings. The van der Waals surface area contributed by atoms with E-state index in [1.54, 1.807) is 0 Å². The standard InChI is InChI=1S/C9H12N4/c1-4-8-11-12-9-7(3)10-5-6(2)13(8)9/h5H,4H2,1-3H3. The molecule has 0 aliphatic heterocycles. The first-order chi connectivity index (χ1) is 6.24. The van der Waals surface area contributed by atoms with Gasteiger partial charge in [-0.1, -0.05) is 6.92 Å². The second-order valence-corrected chi connectivity index (χ2v) is 3.11. The van der Waals surface area contributed by atoms with Crippen LogP contribution in [0.1, 0.15) is 24.1 Å². The normalized spacial score (nSPS) is 11.0. The number of aryl methyl sites for hydroxylation is 3. The van der Waals surface area contributed by atoms with Gasteiger partial charge in [-0.15, -0.1) is 10.2 Å². The number of nitrogens with zero attached hydrogens (tertiary/aromatic N) is 4. The van der Waals surface area contributed by atoms with Crippen LogP contribution in [0.3, 0.4) is 0 Å². The molecule has 0 fully saturated rings. The summed E-state index contributed by atoms with van der Waals surface area (Å²) >= 11 is 0. The average Bonchev–Trinajstić information content (AvgIpc) is 2.56. The molecule has 0 atom stereocenters. The van der Waals surface area contributed by atoms with E-state index < -0.39 is 0 Å². The van der Waals surface area contributed by atoms with Gasteiger partial charge in [0.1, 0.15) is 5.82 Å². The summed E-state index contributed by atoms with van der Waals surface area (Å²) in [7, 11) is 0. The predicted octanol–water partition coefficient (Wildman–Crippen LogP) is 1.30. The van der Waals surface area contributed by atoms with Crippen molar-refractivity contribution in [2.24, 2.45) is 0 Å². The molecular weight excluding hydrogens is 164 g/mol. The van der Waals surface area contributed by atoms with E-state index in [2.05, 4.69) is 26.5 Å². The lowest BCUT2D eigenvalue weighted by Gasteiger charge is -2.02. The number of rotatable bonds is 1. The van der Waals surface area contributed by atoms with E-state index in [-0.39, 0.29) is 0 Å². The van der Waals surface area contributed by atoms with E-state index in [4.69, 9.17) is 0 Å². The molecule has 0 amide bonds. The lowest BCUT2D eigenvalue weighted by atomic mass is 10.4. The third kappa shape index (κ3) is 1.09. The maximum atomic E-state index is 4.23. The minimum absolute atomic E-state index is 0.872. The van der Waals surface area contributed by atoms with E-state index >= 15 is 0 Å². The van der Waals surface area contributed by atoms with Gasteiger partial charge in [0.25, 0.3) is 0 Å². The Labute approximate surface area is 76.6 Å². The molecule has 0 unspecified atom stereocenters. The first-order valence-electron chi connectivity index (χ1n) is 4.40. The van der Waals surface area contributed by atoms with Gasteiger partial charge >= 0.3 is 0 Å². The second-order valence-electron chi connectivity index (χ2n) is 3.11. The first-order valence-corrected chi connectivity index (χ1v) is 4.40. The van der Waals surface area contributed by atoms with E-state index in [1.165, 1.54) is 0 Å². The van der Waals surface area contributed by atoms with Gasteiger partial charge in [-0.25, -0.2) is 0 Å². The summed E-state index contributed by atoms with van der Waals surface area (Å²) in [5, 5.41) is 8.21. The minimum Gasteiger partial charge on any atom is -0.281 e. The molecule has 13 heavy (non-hydrogen) atoms. The van der Waals surface area contributed by atoms with Gasteiger partial charge < -0.3 is 0 Å². The monoisotopic (exact) mass is 176 g/mol. The third-order valence-electron chi connectivity index (χ3n) is 2.17. The number of fused-ring (bicyclic) bond motifs is 1. The van der Waals surface area contributed by atoms with Crippen molar-refractivity contribution in [3.8, 4) is 0 Å². The Morgan fingerprint density at radius 3 is 2.77 bits per heavy atom. The molecule has 2 heterocycles. The fourth-order valence-electron chi connectivity index (χ4n) is 1.46. The van der Waals surface area contributed by atoms with Crippen molar-refractivity contribution in [1.29, 1.82) is 0 Å². The molecule has 2 rings (SSSR count). The van der Waals surface area contributed by atoms with Crippen LogP contribution >= 0.6 is 0 Å². The van der Waals surface area contributed by atoms with Crippen LogP contribution in [0.5, 0.6) is 0 Å². The topological polar surface area (TPSA) is 43.1 Å². The maximum absolute atomic E-state index is 4.23. The van der Waals surface area contributed by atoms with Crippen LogP contribution < -0.4 is 0 Å². The molecule has 0 aliphatic carbocycles. The number of hydrogen-bond donors (Lipinski definition) is 0. The minimum atomic E-state index is 0.872. The van der Waals surface area contributed by atoms with Crippen LogP contribution in [0, 0.1) is 13.8 Å². The Balaban J connectivity index is 2.87.